The Kier molecular flexibility index (Phi) is 3.67. The van der Waals surface area contributed by atoms with Gasteiger partial charge in [-0.3, -0.25) is 14.5 Å². The summed E-state index contributed by atoms with van der Waals surface area (Å²) < 4.78 is 6.98. The van der Waals surface area contributed by atoms with Crippen LogP contribution >= 0.6 is 11.6 Å². The number of fused-ring (bicyclic) bond motifs is 1. The third-order valence-electron chi connectivity index (χ3n) is 4.13. The fourth-order valence-corrected chi connectivity index (χ4v) is 2.98. The first-order chi connectivity index (χ1) is 11.2. The van der Waals surface area contributed by atoms with Crippen LogP contribution in [-0.2, 0) is 13.2 Å². The fourth-order valence-electron chi connectivity index (χ4n) is 2.82. The summed E-state index contributed by atoms with van der Waals surface area (Å²) in [6.07, 6.45) is 5.96. The van der Waals surface area contributed by atoms with Crippen LogP contribution in [0.2, 0.25) is 5.02 Å². The number of benzene rings is 1. The maximum Gasteiger partial charge on any atom is 0.421 e. The molecule has 3 aromatic rings. The predicted molar refractivity (Wildman–Crippen MR) is 88.3 cm³/mol. The van der Waals surface area contributed by atoms with E-state index in [2.05, 4.69) is 16.0 Å². The van der Waals surface area contributed by atoms with Crippen LogP contribution in [0.15, 0.2) is 51.9 Å². The van der Waals surface area contributed by atoms with Gasteiger partial charge in [-0.15, -0.1) is 0 Å². The largest absolute Gasteiger partial charge is 0.421 e. The van der Waals surface area contributed by atoms with Crippen molar-refractivity contribution in [2.75, 3.05) is 0 Å². The molecule has 1 aliphatic rings. The molecule has 118 valence electrons. The van der Waals surface area contributed by atoms with Crippen molar-refractivity contribution in [2.24, 2.45) is 0 Å². The van der Waals surface area contributed by atoms with Gasteiger partial charge < -0.3 is 4.42 Å². The van der Waals surface area contributed by atoms with Gasteiger partial charge in [-0.05, 0) is 36.6 Å². The first-order valence-corrected chi connectivity index (χ1v) is 8.00. The zero-order valence-electron chi connectivity index (χ0n) is 12.5. The Hall–Kier alpha value is -2.11. The molecule has 0 unspecified atom stereocenters. The second-order valence-electron chi connectivity index (χ2n) is 5.89. The second kappa shape index (κ2) is 5.83. The molecule has 1 saturated carbocycles. The minimum Gasteiger partial charge on any atom is -0.408 e. The Morgan fingerprint density at radius 1 is 1.35 bits per heavy atom. The van der Waals surface area contributed by atoms with Gasteiger partial charge >= 0.3 is 5.76 Å². The zero-order valence-corrected chi connectivity index (χ0v) is 13.2. The Morgan fingerprint density at radius 3 is 2.96 bits per heavy atom. The average molecular weight is 330 g/mol. The van der Waals surface area contributed by atoms with Crippen LogP contribution in [0.4, 0.5) is 0 Å². The molecule has 0 radical (unpaired) electrons. The van der Waals surface area contributed by atoms with E-state index < -0.39 is 0 Å². The van der Waals surface area contributed by atoms with Crippen molar-refractivity contribution in [3.05, 3.63) is 63.9 Å². The minimum absolute atomic E-state index is 0.348. The van der Waals surface area contributed by atoms with Gasteiger partial charge in [-0.1, -0.05) is 17.7 Å². The van der Waals surface area contributed by atoms with Gasteiger partial charge in [0.25, 0.3) is 0 Å². The van der Waals surface area contributed by atoms with Crippen molar-refractivity contribution in [2.45, 2.75) is 32.1 Å². The SMILES string of the molecule is O=c1oc2cc(Cl)ccc2n1CN(Cc1cccnc1)C1CC1. The molecule has 2 aromatic heterocycles. The summed E-state index contributed by atoms with van der Waals surface area (Å²) in [7, 11) is 0. The quantitative estimate of drug-likeness (QED) is 0.721. The van der Waals surface area contributed by atoms with Crippen molar-refractivity contribution < 1.29 is 4.42 Å². The molecule has 0 saturated heterocycles. The Labute approximate surface area is 138 Å². The van der Waals surface area contributed by atoms with Crippen LogP contribution in [0.25, 0.3) is 11.1 Å². The van der Waals surface area contributed by atoms with Crippen LogP contribution in [0.1, 0.15) is 18.4 Å². The average Bonchev–Trinajstić information content (AvgIpc) is 3.34. The monoisotopic (exact) mass is 329 g/mol. The van der Waals surface area contributed by atoms with E-state index in [-0.39, 0.29) is 5.76 Å². The summed E-state index contributed by atoms with van der Waals surface area (Å²) in [5.41, 5.74) is 2.44. The van der Waals surface area contributed by atoms with E-state index in [4.69, 9.17) is 16.0 Å². The molecule has 4 rings (SSSR count). The molecule has 2 heterocycles. The van der Waals surface area contributed by atoms with Crippen molar-refractivity contribution in [3.63, 3.8) is 0 Å². The highest BCUT2D eigenvalue weighted by atomic mass is 35.5. The molecule has 23 heavy (non-hydrogen) atoms. The van der Waals surface area contributed by atoms with E-state index >= 15 is 0 Å². The number of nitrogens with zero attached hydrogens (tertiary/aromatic N) is 3. The number of rotatable bonds is 5. The van der Waals surface area contributed by atoms with Gasteiger partial charge in [0.2, 0.25) is 0 Å². The maximum atomic E-state index is 12.2. The smallest absolute Gasteiger partial charge is 0.408 e. The van der Waals surface area contributed by atoms with Gasteiger partial charge in [0.15, 0.2) is 5.58 Å². The van der Waals surface area contributed by atoms with E-state index in [0.717, 1.165) is 30.5 Å². The van der Waals surface area contributed by atoms with Crippen molar-refractivity contribution in [1.82, 2.24) is 14.5 Å². The fraction of sp³-hybridized carbons (Fsp3) is 0.294. The number of oxazole rings is 1. The summed E-state index contributed by atoms with van der Waals surface area (Å²) >= 11 is 5.97. The second-order valence-corrected chi connectivity index (χ2v) is 6.33. The highest BCUT2D eigenvalue weighted by Gasteiger charge is 2.30. The lowest BCUT2D eigenvalue weighted by Gasteiger charge is -2.22. The molecule has 1 aliphatic carbocycles. The summed E-state index contributed by atoms with van der Waals surface area (Å²) in [5, 5.41) is 0.563. The van der Waals surface area contributed by atoms with Crippen molar-refractivity contribution >= 4 is 22.7 Å². The molecule has 1 aromatic carbocycles. The first kappa shape index (κ1) is 14.5. The van der Waals surface area contributed by atoms with Gasteiger partial charge in [-0.25, -0.2) is 4.79 Å². The number of pyridine rings is 1. The maximum absolute atomic E-state index is 12.2. The Balaban J connectivity index is 1.65. The molecule has 0 N–H and O–H groups in total. The summed E-state index contributed by atoms with van der Waals surface area (Å²) in [5.74, 6) is -0.348. The molecular weight excluding hydrogens is 314 g/mol. The normalized spacial score (nSPS) is 14.7. The molecule has 0 spiro atoms. The number of halogens is 1. The zero-order chi connectivity index (χ0) is 15.8. The van der Waals surface area contributed by atoms with Gasteiger partial charge in [0.1, 0.15) is 0 Å². The van der Waals surface area contributed by atoms with E-state index in [1.54, 1.807) is 22.9 Å². The van der Waals surface area contributed by atoms with E-state index in [0.29, 0.717) is 23.3 Å². The predicted octanol–water partition coefficient (Wildman–Crippen LogP) is 3.27. The molecule has 1 fully saturated rings. The lowest BCUT2D eigenvalue weighted by molar-refractivity contribution is 0.194. The lowest BCUT2D eigenvalue weighted by atomic mass is 10.2. The lowest BCUT2D eigenvalue weighted by Crippen LogP contribution is -2.32. The minimum atomic E-state index is -0.348. The molecule has 5 nitrogen and oxygen atoms in total. The third-order valence-corrected chi connectivity index (χ3v) is 4.36. The number of hydrogen-bond donors (Lipinski definition) is 0. The van der Waals surface area contributed by atoms with Gasteiger partial charge in [0.05, 0.1) is 12.2 Å². The summed E-state index contributed by atoms with van der Waals surface area (Å²) in [6.45, 7) is 1.28. The standard InChI is InChI=1S/C17H16ClN3O2/c18-13-3-6-15-16(8-13)23-17(22)21(15)11-20(14-4-5-14)10-12-2-1-7-19-9-12/h1-3,6-9,14H,4-5,10-11H2. The topological polar surface area (TPSA) is 51.3 Å². The van der Waals surface area contributed by atoms with Gasteiger partial charge in [-0.2, -0.15) is 0 Å². The first-order valence-electron chi connectivity index (χ1n) is 7.62. The van der Waals surface area contributed by atoms with E-state index in [9.17, 15) is 4.79 Å². The number of hydrogen-bond acceptors (Lipinski definition) is 4. The molecule has 0 bridgehead atoms. The Bertz CT molecular complexity index is 884. The highest BCUT2D eigenvalue weighted by molar-refractivity contribution is 6.31. The van der Waals surface area contributed by atoms with Crippen LogP contribution < -0.4 is 5.76 Å². The van der Waals surface area contributed by atoms with E-state index in [1.807, 2.05) is 18.3 Å². The van der Waals surface area contributed by atoms with Crippen molar-refractivity contribution in [1.29, 1.82) is 0 Å². The summed E-state index contributed by atoms with van der Waals surface area (Å²) in [6, 6.07) is 9.78. The molecule has 0 atom stereocenters. The number of aromatic nitrogens is 2. The van der Waals surface area contributed by atoms with Crippen LogP contribution in [0.5, 0.6) is 0 Å². The van der Waals surface area contributed by atoms with Gasteiger partial charge in [0, 0.05) is 36.1 Å². The summed E-state index contributed by atoms with van der Waals surface area (Å²) in [4.78, 5) is 18.7. The molecule has 0 aliphatic heterocycles. The Morgan fingerprint density at radius 2 is 2.22 bits per heavy atom. The van der Waals surface area contributed by atoms with Crippen LogP contribution in [0, 0.1) is 0 Å². The molecular formula is C17H16ClN3O2. The molecule has 6 heteroatoms. The van der Waals surface area contributed by atoms with Crippen LogP contribution in [-0.4, -0.2) is 20.5 Å². The van der Waals surface area contributed by atoms with Crippen molar-refractivity contribution in [3.8, 4) is 0 Å². The molecule has 0 amide bonds. The van der Waals surface area contributed by atoms with E-state index in [1.165, 1.54) is 0 Å². The van der Waals surface area contributed by atoms with Crippen LogP contribution in [0.3, 0.4) is 0 Å². The highest BCUT2D eigenvalue weighted by Crippen LogP contribution is 2.29. The third kappa shape index (κ3) is 3.02.